The summed E-state index contributed by atoms with van der Waals surface area (Å²) in [6.07, 6.45) is 2.01. The van der Waals surface area contributed by atoms with Crippen molar-refractivity contribution in [3.63, 3.8) is 0 Å². The maximum atomic E-state index is 12.7. The van der Waals surface area contributed by atoms with Crippen molar-refractivity contribution in [1.82, 2.24) is 9.88 Å². The van der Waals surface area contributed by atoms with Gasteiger partial charge in [0.25, 0.3) is 5.91 Å². The Labute approximate surface area is 151 Å². The summed E-state index contributed by atoms with van der Waals surface area (Å²) in [6.45, 7) is 9.88. The van der Waals surface area contributed by atoms with E-state index in [-0.39, 0.29) is 11.9 Å². The van der Waals surface area contributed by atoms with E-state index in [9.17, 15) is 4.79 Å². The number of anilines is 1. The predicted octanol–water partition coefficient (Wildman–Crippen LogP) is 3.40. The van der Waals surface area contributed by atoms with Crippen molar-refractivity contribution in [2.45, 2.75) is 39.7 Å². The summed E-state index contributed by atoms with van der Waals surface area (Å²) in [5, 5.41) is 1.05. The van der Waals surface area contributed by atoms with Gasteiger partial charge in [0.05, 0.1) is 9.58 Å². The first-order chi connectivity index (χ1) is 11.5. The van der Waals surface area contributed by atoms with E-state index in [1.807, 2.05) is 11.0 Å². The molecule has 0 bridgehead atoms. The van der Waals surface area contributed by atoms with Gasteiger partial charge in [-0.15, -0.1) is 11.3 Å². The van der Waals surface area contributed by atoms with E-state index in [0.717, 1.165) is 58.6 Å². The second kappa shape index (κ2) is 7.37. The Hall–Kier alpha value is -1.18. The van der Waals surface area contributed by atoms with E-state index in [1.54, 1.807) is 11.3 Å². The van der Waals surface area contributed by atoms with Crippen LogP contribution in [0.5, 0.6) is 0 Å². The van der Waals surface area contributed by atoms with Crippen LogP contribution < -0.4 is 10.6 Å². The Bertz CT molecular complexity index is 665. The van der Waals surface area contributed by atoms with Crippen LogP contribution in [-0.2, 0) is 0 Å². The monoisotopic (exact) mass is 366 g/mol. The summed E-state index contributed by atoms with van der Waals surface area (Å²) in [7, 11) is 0. The van der Waals surface area contributed by atoms with Crippen LogP contribution in [0, 0.1) is 5.92 Å². The fraction of sp³-hybridized carbons (Fsp3) is 0.647. The predicted molar refractivity (Wildman–Crippen MR) is 103 cm³/mol. The molecule has 5 nitrogen and oxygen atoms in total. The minimum atomic E-state index is 0.151. The second-order valence-corrected chi connectivity index (χ2v) is 8.48. The van der Waals surface area contributed by atoms with Gasteiger partial charge < -0.3 is 15.5 Å². The van der Waals surface area contributed by atoms with Crippen LogP contribution >= 0.6 is 22.7 Å². The number of hydrogen-bond donors (Lipinski definition) is 1. The Kier molecular flexibility index (Phi) is 5.42. The van der Waals surface area contributed by atoms with Gasteiger partial charge in [-0.3, -0.25) is 4.79 Å². The topological polar surface area (TPSA) is 62.5 Å². The number of thiazole rings is 1. The number of nitrogens with zero attached hydrogens (tertiary/aromatic N) is 3. The number of amides is 1. The molecule has 2 aromatic rings. The largest absolute Gasteiger partial charge is 0.349 e. The summed E-state index contributed by atoms with van der Waals surface area (Å²) >= 11 is 3.20. The normalized spacial score (nSPS) is 17.4. The average Bonchev–Trinajstić information content (AvgIpc) is 3.14. The van der Waals surface area contributed by atoms with Gasteiger partial charge in [0.2, 0.25) is 0 Å². The highest BCUT2D eigenvalue weighted by atomic mass is 32.1. The molecule has 0 aliphatic carbocycles. The van der Waals surface area contributed by atoms with E-state index in [4.69, 9.17) is 10.7 Å². The smallest absolute Gasteiger partial charge is 0.264 e. The van der Waals surface area contributed by atoms with Crippen LogP contribution in [0.3, 0.4) is 0 Å². The quantitative estimate of drug-likeness (QED) is 0.881. The highest BCUT2D eigenvalue weighted by Crippen LogP contribution is 2.35. The zero-order chi connectivity index (χ0) is 17.3. The third-order valence-corrected chi connectivity index (χ3v) is 7.10. The summed E-state index contributed by atoms with van der Waals surface area (Å²) in [6, 6.07) is 2.24. The van der Waals surface area contributed by atoms with Crippen molar-refractivity contribution >= 4 is 43.2 Å². The highest BCUT2D eigenvalue weighted by Gasteiger charge is 2.27. The fourth-order valence-electron chi connectivity index (χ4n) is 3.24. The molecule has 2 aromatic heterocycles. The van der Waals surface area contributed by atoms with Gasteiger partial charge in [-0.05, 0) is 45.6 Å². The van der Waals surface area contributed by atoms with Crippen molar-refractivity contribution in [2.24, 2.45) is 11.7 Å². The zero-order valence-corrected chi connectivity index (χ0v) is 16.3. The summed E-state index contributed by atoms with van der Waals surface area (Å²) in [5.41, 5.74) is 5.99. The van der Waals surface area contributed by atoms with Crippen molar-refractivity contribution in [1.29, 1.82) is 0 Å². The number of fused-ring (bicyclic) bond motifs is 1. The van der Waals surface area contributed by atoms with E-state index < -0.39 is 0 Å². The van der Waals surface area contributed by atoms with Crippen molar-refractivity contribution in [3.05, 3.63) is 10.9 Å². The maximum absolute atomic E-state index is 12.7. The second-order valence-electron chi connectivity index (χ2n) is 6.44. The lowest BCUT2D eigenvalue weighted by Crippen LogP contribution is -2.42. The molecule has 1 aliphatic rings. The van der Waals surface area contributed by atoms with E-state index >= 15 is 0 Å². The lowest BCUT2D eigenvalue weighted by atomic mass is 9.91. The number of hydrogen-bond acceptors (Lipinski definition) is 6. The average molecular weight is 367 g/mol. The number of carbonyl (C=O) groups is 1. The SMILES string of the molecule is CCN(CC)c1nc2sc(C(=O)N3CCC(C(C)N)CC3)cc2s1. The van der Waals surface area contributed by atoms with Gasteiger partial charge >= 0.3 is 0 Å². The molecule has 0 radical (unpaired) electrons. The minimum Gasteiger partial charge on any atom is -0.349 e. The number of carbonyl (C=O) groups excluding carboxylic acids is 1. The molecule has 0 saturated carbocycles. The van der Waals surface area contributed by atoms with Gasteiger partial charge in [0.1, 0.15) is 4.83 Å². The fourth-order valence-corrected chi connectivity index (χ4v) is 5.55. The van der Waals surface area contributed by atoms with Gasteiger partial charge in [-0.1, -0.05) is 11.3 Å². The molecule has 0 spiro atoms. The number of rotatable bonds is 5. The number of aromatic nitrogens is 1. The maximum Gasteiger partial charge on any atom is 0.264 e. The summed E-state index contributed by atoms with van der Waals surface area (Å²) < 4.78 is 1.12. The standard InChI is InChI=1S/C17H26N4OS2/c1-4-20(5-2)17-19-15-13(24-17)10-14(23-15)16(22)21-8-6-12(7-9-21)11(3)18/h10-12H,4-9,18H2,1-3H3. The number of likely N-dealkylation sites (tertiary alicyclic amines) is 1. The van der Waals surface area contributed by atoms with Crippen LogP contribution in [0.25, 0.3) is 9.53 Å². The first kappa shape index (κ1) is 17.6. The molecule has 24 heavy (non-hydrogen) atoms. The summed E-state index contributed by atoms with van der Waals surface area (Å²) in [4.78, 5) is 23.5. The minimum absolute atomic E-state index is 0.151. The number of thiophene rings is 1. The molecule has 1 aliphatic heterocycles. The molecular formula is C17H26N4OS2. The van der Waals surface area contributed by atoms with Crippen molar-refractivity contribution in [2.75, 3.05) is 31.1 Å². The van der Waals surface area contributed by atoms with Gasteiger partial charge in [-0.25, -0.2) is 4.98 Å². The van der Waals surface area contributed by atoms with Gasteiger partial charge in [0.15, 0.2) is 5.13 Å². The van der Waals surface area contributed by atoms with Crippen LogP contribution in [0.2, 0.25) is 0 Å². The molecule has 3 heterocycles. The van der Waals surface area contributed by atoms with Crippen LogP contribution in [0.4, 0.5) is 5.13 Å². The van der Waals surface area contributed by atoms with Crippen LogP contribution in [0.1, 0.15) is 43.3 Å². The Morgan fingerprint density at radius 2 is 2.04 bits per heavy atom. The molecule has 1 saturated heterocycles. The van der Waals surface area contributed by atoms with Crippen molar-refractivity contribution < 1.29 is 4.79 Å². The van der Waals surface area contributed by atoms with Gasteiger partial charge in [-0.2, -0.15) is 0 Å². The number of piperidine rings is 1. The molecule has 7 heteroatoms. The first-order valence-corrected chi connectivity index (χ1v) is 10.4. The Balaban J connectivity index is 1.71. The molecular weight excluding hydrogens is 340 g/mol. The molecule has 1 atom stereocenters. The van der Waals surface area contributed by atoms with Crippen molar-refractivity contribution in [3.8, 4) is 0 Å². The number of nitrogens with two attached hydrogens (primary N) is 1. The Morgan fingerprint density at radius 3 is 2.58 bits per heavy atom. The van der Waals surface area contributed by atoms with E-state index in [0.29, 0.717) is 5.92 Å². The highest BCUT2D eigenvalue weighted by molar-refractivity contribution is 7.29. The third kappa shape index (κ3) is 3.43. The molecule has 3 rings (SSSR count). The van der Waals surface area contributed by atoms with E-state index in [2.05, 4.69) is 25.7 Å². The van der Waals surface area contributed by atoms with Crippen LogP contribution in [0.15, 0.2) is 6.07 Å². The first-order valence-electron chi connectivity index (χ1n) is 8.73. The third-order valence-electron chi connectivity index (χ3n) is 4.89. The van der Waals surface area contributed by atoms with E-state index in [1.165, 1.54) is 11.3 Å². The molecule has 1 fully saturated rings. The molecule has 0 aromatic carbocycles. The molecule has 132 valence electrons. The summed E-state index contributed by atoms with van der Waals surface area (Å²) in [5.74, 6) is 0.692. The van der Waals surface area contributed by atoms with Gasteiger partial charge in [0, 0.05) is 32.2 Å². The Morgan fingerprint density at radius 1 is 1.38 bits per heavy atom. The zero-order valence-electron chi connectivity index (χ0n) is 14.6. The lowest BCUT2D eigenvalue weighted by Gasteiger charge is -2.33. The molecule has 1 amide bonds. The van der Waals surface area contributed by atoms with Crippen LogP contribution in [-0.4, -0.2) is 48.0 Å². The lowest BCUT2D eigenvalue weighted by molar-refractivity contribution is 0.0686. The molecule has 2 N–H and O–H groups in total. The molecule has 1 unspecified atom stereocenters.